The van der Waals surface area contributed by atoms with Gasteiger partial charge in [-0.3, -0.25) is 9.59 Å². The Balaban J connectivity index is 1.36. The lowest BCUT2D eigenvalue weighted by Crippen LogP contribution is -2.48. The minimum absolute atomic E-state index is 0.00783. The highest BCUT2D eigenvalue weighted by Crippen LogP contribution is 2.44. The van der Waals surface area contributed by atoms with Crippen molar-refractivity contribution in [3.05, 3.63) is 70.5 Å². The van der Waals surface area contributed by atoms with Crippen LogP contribution >= 0.6 is 0 Å². The predicted molar refractivity (Wildman–Crippen MR) is 154 cm³/mol. The summed E-state index contributed by atoms with van der Waals surface area (Å²) in [5.74, 6) is 1.70. The molecular formula is C32H39N5O4. The van der Waals surface area contributed by atoms with E-state index in [0.717, 1.165) is 59.4 Å². The molecule has 0 saturated heterocycles. The van der Waals surface area contributed by atoms with Gasteiger partial charge in [-0.05, 0) is 56.9 Å². The summed E-state index contributed by atoms with van der Waals surface area (Å²) >= 11 is 0. The van der Waals surface area contributed by atoms with Gasteiger partial charge in [0.15, 0.2) is 0 Å². The summed E-state index contributed by atoms with van der Waals surface area (Å²) in [6.45, 7) is 5.88. The van der Waals surface area contributed by atoms with Gasteiger partial charge >= 0.3 is 0 Å². The van der Waals surface area contributed by atoms with Gasteiger partial charge in [-0.2, -0.15) is 0 Å². The quantitative estimate of drug-likeness (QED) is 0.383. The Morgan fingerprint density at radius 1 is 1.07 bits per heavy atom. The number of hydrogen-bond acceptors (Lipinski definition) is 6. The molecule has 1 fully saturated rings. The van der Waals surface area contributed by atoms with Crippen LogP contribution in [0.1, 0.15) is 90.8 Å². The van der Waals surface area contributed by atoms with Crippen molar-refractivity contribution in [3.8, 4) is 11.5 Å². The molecule has 216 valence electrons. The summed E-state index contributed by atoms with van der Waals surface area (Å²) in [4.78, 5) is 31.5. The van der Waals surface area contributed by atoms with Crippen molar-refractivity contribution in [3.63, 3.8) is 0 Å². The van der Waals surface area contributed by atoms with E-state index in [-0.39, 0.29) is 36.4 Å². The Morgan fingerprint density at radius 3 is 2.59 bits per heavy atom. The third-order valence-corrected chi connectivity index (χ3v) is 8.80. The molecule has 41 heavy (non-hydrogen) atoms. The lowest BCUT2D eigenvalue weighted by Gasteiger charge is -2.42. The molecule has 9 heteroatoms. The zero-order valence-electron chi connectivity index (χ0n) is 24.2. The first-order valence-corrected chi connectivity index (χ1v) is 14.9. The minimum atomic E-state index is -0.345. The monoisotopic (exact) mass is 557 g/mol. The van der Waals surface area contributed by atoms with E-state index in [2.05, 4.69) is 24.2 Å². The Hall–Kier alpha value is -3.88. The molecule has 2 aromatic carbocycles. The molecular weight excluding hydrogens is 518 g/mol. The molecule has 2 aliphatic heterocycles. The van der Waals surface area contributed by atoms with Gasteiger partial charge in [0.2, 0.25) is 5.91 Å². The molecule has 0 unspecified atom stereocenters. The second kappa shape index (κ2) is 11.5. The molecule has 1 aliphatic carbocycles. The summed E-state index contributed by atoms with van der Waals surface area (Å²) in [5.41, 5.74) is 4.46. The van der Waals surface area contributed by atoms with Crippen LogP contribution in [-0.2, 0) is 24.4 Å². The number of nitrogens with zero attached hydrogens (tertiary/aromatic N) is 5. The van der Waals surface area contributed by atoms with Crippen LogP contribution < -0.4 is 9.47 Å². The van der Waals surface area contributed by atoms with Crippen LogP contribution in [0.2, 0.25) is 0 Å². The summed E-state index contributed by atoms with van der Waals surface area (Å²) in [7, 11) is 1.68. The third kappa shape index (κ3) is 5.29. The van der Waals surface area contributed by atoms with E-state index in [9.17, 15) is 9.59 Å². The fraction of sp³-hybridized carbons (Fsp3) is 0.500. The smallest absolute Gasteiger partial charge is 0.254 e. The van der Waals surface area contributed by atoms with Gasteiger partial charge < -0.3 is 19.3 Å². The molecule has 1 atom stereocenters. The minimum Gasteiger partial charge on any atom is -0.496 e. The molecule has 0 N–H and O–H groups in total. The standard InChI is InChI=1S/C32H39N5O4/c1-21(2)37-18-24(33-34-37)20-41-29-14-13-28(40-3)26-15-16-36(31(38)22-9-5-4-6-10-22)27(30(26)29)19-35-17-23-11-7-8-12-25(23)32(35)39/h7-8,11-14,18,21-22,27H,4-6,9-10,15-17,19-20H2,1-3H3/t27-/m1/s1. The second-order valence-electron chi connectivity index (χ2n) is 11.7. The number of methoxy groups -OCH3 is 1. The third-order valence-electron chi connectivity index (χ3n) is 8.80. The molecule has 0 radical (unpaired) electrons. The first-order valence-electron chi connectivity index (χ1n) is 14.9. The van der Waals surface area contributed by atoms with E-state index >= 15 is 0 Å². The molecule has 0 spiro atoms. The predicted octanol–water partition coefficient (Wildman–Crippen LogP) is 5.11. The SMILES string of the molecule is COc1ccc(OCc2cn(C(C)C)nn2)c2c1CCN(C(=O)C1CCCCC1)[C@@H]2CN1Cc2ccccc2C1=O. The van der Waals surface area contributed by atoms with Gasteiger partial charge in [-0.25, -0.2) is 4.68 Å². The van der Waals surface area contributed by atoms with E-state index < -0.39 is 0 Å². The lowest BCUT2D eigenvalue weighted by atomic mass is 9.85. The topological polar surface area (TPSA) is 89.8 Å². The van der Waals surface area contributed by atoms with Crippen LogP contribution in [0.4, 0.5) is 0 Å². The maximum Gasteiger partial charge on any atom is 0.254 e. The van der Waals surface area contributed by atoms with Crippen LogP contribution in [0.5, 0.6) is 11.5 Å². The molecule has 1 aromatic heterocycles. The number of benzene rings is 2. The van der Waals surface area contributed by atoms with Crippen molar-refractivity contribution in [1.29, 1.82) is 0 Å². The van der Waals surface area contributed by atoms with Crippen molar-refractivity contribution < 1.29 is 19.1 Å². The highest BCUT2D eigenvalue weighted by molar-refractivity contribution is 5.98. The lowest BCUT2D eigenvalue weighted by molar-refractivity contribution is -0.140. The number of rotatable bonds is 8. The van der Waals surface area contributed by atoms with Crippen molar-refractivity contribution in [2.45, 2.75) is 77.6 Å². The van der Waals surface area contributed by atoms with E-state index in [4.69, 9.17) is 9.47 Å². The summed E-state index contributed by atoms with van der Waals surface area (Å²) in [6.07, 6.45) is 7.79. The van der Waals surface area contributed by atoms with Gasteiger partial charge in [-0.1, -0.05) is 42.7 Å². The van der Waals surface area contributed by atoms with Crippen LogP contribution in [0.15, 0.2) is 42.6 Å². The van der Waals surface area contributed by atoms with Gasteiger partial charge in [0.1, 0.15) is 23.8 Å². The zero-order chi connectivity index (χ0) is 28.5. The van der Waals surface area contributed by atoms with Crippen molar-refractivity contribution in [2.24, 2.45) is 5.92 Å². The summed E-state index contributed by atoms with van der Waals surface area (Å²) < 4.78 is 14.0. The Morgan fingerprint density at radius 2 is 1.85 bits per heavy atom. The number of amides is 2. The van der Waals surface area contributed by atoms with Crippen molar-refractivity contribution in [1.82, 2.24) is 24.8 Å². The number of fused-ring (bicyclic) bond motifs is 2. The number of carbonyl (C=O) groups is 2. The van der Waals surface area contributed by atoms with E-state index in [1.807, 2.05) is 57.1 Å². The van der Waals surface area contributed by atoms with Gasteiger partial charge in [0, 0.05) is 48.3 Å². The first kappa shape index (κ1) is 27.3. The number of aromatic nitrogens is 3. The van der Waals surface area contributed by atoms with Crippen LogP contribution in [0, 0.1) is 5.92 Å². The Kier molecular flexibility index (Phi) is 7.69. The molecule has 3 aromatic rings. The molecule has 0 bridgehead atoms. The second-order valence-corrected chi connectivity index (χ2v) is 11.7. The molecule has 2 amide bonds. The average molecular weight is 558 g/mol. The summed E-state index contributed by atoms with van der Waals surface area (Å²) in [5, 5.41) is 8.49. The Labute approximate surface area is 241 Å². The first-order chi connectivity index (χ1) is 19.9. The van der Waals surface area contributed by atoms with Crippen LogP contribution in [0.25, 0.3) is 0 Å². The molecule has 1 saturated carbocycles. The molecule has 9 nitrogen and oxygen atoms in total. The van der Waals surface area contributed by atoms with E-state index in [1.165, 1.54) is 6.42 Å². The maximum absolute atomic E-state index is 14.1. The summed E-state index contributed by atoms with van der Waals surface area (Å²) in [6, 6.07) is 11.5. The molecule has 6 rings (SSSR count). The van der Waals surface area contributed by atoms with E-state index in [1.54, 1.807) is 7.11 Å². The number of carbonyl (C=O) groups excluding carboxylic acids is 2. The molecule has 3 aliphatic rings. The zero-order valence-corrected chi connectivity index (χ0v) is 24.2. The fourth-order valence-electron chi connectivity index (χ4n) is 6.60. The van der Waals surface area contributed by atoms with Crippen molar-refractivity contribution in [2.75, 3.05) is 20.2 Å². The largest absolute Gasteiger partial charge is 0.496 e. The number of ether oxygens (including phenoxy) is 2. The molecule has 3 heterocycles. The van der Waals surface area contributed by atoms with Gasteiger partial charge in [0.25, 0.3) is 5.91 Å². The highest BCUT2D eigenvalue weighted by Gasteiger charge is 2.40. The van der Waals surface area contributed by atoms with Gasteiger partial charge in [0.05, 0.1) is 19.3 Å². The van der Waals surface area contributed by atoms with Crippen LogP contribution in [-0.4, -0.2) is 56.8 Å². The Bertz CT molecular complexity index is 1430. The highest BCUT2D eigenvalue weighted by atomic mass is 16.5. The normalized spacial score (nSPS) is 18.9. The maximum atomic E-state index is 14.1. The van der Waals surface area contributed by atoms with E-state index in [0.29, 0.717) is 31.8 Å². The van der Waals surface area contributed by atoms with Gasteiger partial charge in [-0.15, -0.1) is 5.10 Å². The number of hydrogen-bond donors (Lipinski definition) is 0. The fourth-order valence-corrected chi connectivity index (χ4v) is 6.60. The van der Waals surface area contributed by atoms with Crippen LogP contribution in [0.3, 0.4) is 0 Å². The average Bonchev–Trinajstić information content (AvgIpc) is 3.61. The van der Waals surface area contributed by atoms with Crippen molar-refractivity contribution >= 4 is 11.8 Å².